The first-order chi connectivity index (χ1) is 7.84. The average Bonchev–Trinajstić information content (AvgIpc) is 2.27. The summed E-state index contributed by atoms with van der Waals surface area (Å²) in [5.41, 5.74) is 10.1. The van der Waals surface area contributed by atoms with E-state index in [0.717, 1.165) is 12.8 Å². The smallest absolute Gasteiger partial charge is 0.0332 e. The molecule has 0 bridgehead atoms. The van der Waals surface area contributed by atoms with Crippen molar-refractivity contribution in [2.75, 3.05) is 0 Å². The number of hydrogen-bond acceptors (Lipinski definition) is 1. The van der Waals surface area contributed by atoms with E-state index in [4.69, 9.17) is 5.73 Å². The predicted molar refractivity (Wildman–Crippen MR) is 76.1 cm³/mol. The molecule has 1 atom stereocenters. The van der Waals surface area contributed by atoms with Gasteiger partial charge in [0, 0.05) is 6.04 Å². The van der Waals surface area contributed by atoms with Crippen molar-refractivity contribution in [3.63, 3.8) is 0 Å². The van der Waals surface area contributed by atoms with Gasteiger partial charge in [-0.05, 0) is 29.4 Å². The third-order valence-electron chi connectivity index (χ3n) is 3.21. The second-order valence-corrected chi connectivity index (χ2v) is 5.79. The molecule has 0 aromatic heterocycles. The summed E-state index contributed by atoms with van der Waals surface area (Å²) in [6, 6.07) is 8.74. The van der Waals surface area contributed by atoms with E-state index in [2.05, 4.69) is 58.5 Å². The number of hydrogen-bond donors (Lipinski definition) is 1. The van der Waals surface area contributed by atoms with Crippen LogP contribution in [0.15, 0.2) is 36.4 Å². The molecule has 0 saturated heterocycles. The molecule has 1 nitrogen and oxygen atoms in total. The van der Waals surface area contributed by atoms with Gasteiger partial charge in [-0.15, -0.1) is 0 Å². The molecule has 0 spiro atoms. The van der Waals surface area contributed by atoms with Crippen LogP contribution >= 0.6 is 0 Å². The fraction of sp³-hybridized carbons (Fsp3) is 0.500. The first-order valence-corrected chi connectivity index (χ1v) is 6.37. The maximum absolute atomic E-state index is 6.17. The van der Waals surface area contributed by atoms with E-state index in [1.54, 1.807) is 0 Å². The van der Waals surface area contributed by atoms with Crippen LogP contribution in [0.4, 0.5) is 0 Å². The summed E-state index contributed by atoms with van der Waals surface area (Å²) >= 11 is 0. The van der Waals surface area contributed by atoms with E-state index in [9.17, 15) is 0 Å². The van der Waals surface area contributed by atoms with Gasteiger partial charge in [0.1, 0.15) is 0 Å². The van der Waals surface area contributed by atoms with E-state index in [1.165, 1.54) is 16.7 Å². The predicted octanol–water partition coefficient (Wildman–Crippen LogP) is 4.34. The summed E-state index contributed by atoms with van der Waals surface area (Å²) < 4.78 is 0. The van der Waals surface area contributed by atoms with Crippen molar-refractivity contribution in [2.24, 2.45) is 5.73 Å². The maximum atomic E-state index is 6.17. The number of benzene rings is 1. The Labute approximate surface area is 106 Å². The highest BCUT2D eigenvalue weighted by molar-refractivity contribution is 5.29. The van der Waals surface area contributed by atoms with Crippen molar-refractivity contribution in [3.8, 4) is 0 Å². The fourth-order valence-corrected chi connectivity index (χ4v) is 1.80. The topological polar surface area (TPSA) is 26.0 Å². The van der Waals surface area contributed by atoms with Crippen LogP contribution in [0.5, 0.6) is 0 Å². The summed E-state index contributed by atoms with van der Waals surface area (Å²) in [6.45, 7) is 12.8. The van der Waals surface area contributed by atoms with Gasteiger partial charge in [-0.3, -0.25) is 0 Å². The highest BCUT2D eigenvalue weighted by Gasteiger charge is 2.14. The van der Waals surface area contributed by atoms with Crippen molar-refractivity contribution in [2.45, 2.75) is 52.0 Å². The highest BCUT2D eigenvalue weighted by Crippen LogP contribution is 2.25. The van der Waals surface area contributed by atoms with Crippen LogP contribution in [-0.2, 0) is 5.41 Å². The lowest BCUT2D eigenvalue weighted by atomic mass is 9.86. The molecule has 1 rings (SSSR count). The quantitative estimate of drug-likeness (QED) is 0.766. The molecule has 94 valence electrons. The standard InChI is InChI=1S/C16H25N/c1-6-12(2)11-15(17)13-7-9-14(10-8-13)16(3,4)5/h7-10,15H,2,6,11,17H2,1,3-5H3. The molecule has 0 heterocycles. The molecule has 2 N–H and O–H groups in total. The van der Waals surface area contributed by atoms with Crippen LogP contribution in [-0.4, -0.2) is 0 Å². The summed E-state index contributed by atoms with van der Waals surface area (Å²) in [5.74, 6) is 0. The van der Waals surface area contributed by atoms with Crippen molar-refractivity contribution >= 4 is 0 Å². The lowest BCUT2D eigenvalue weighted by Gasteiger charge is -2.20. The van der Waals surface area contributed by atoms with E-state index in [-0.39, 0.29) is 11.5 Å². The van der Waals surface area contributed by atoms with Gasteiger partial charge >= 0.3 is 0 Å². The average molecular weight is 231 g/mol. The second kappa shape index (κ2) is 5.50. The molecule has 0 saturated carbocycles. The fourth-order valence-electron chi connectivity index (χ4n) is 1.80. The zero-order valence-electron chi connectivity index (χ0n) is 11.6. The Bertz CT molecular complexity index is 368. The summed E-state index contributed by atoms with van der Waals surface area (Å²) in [4.78, 5) is 0. The van der Waals surface area contributed by atoms with Gasteiger partial charge in [0.05, 0.1) is 0 Å². The van der Waals surface area contributed by atoms with Crippen LogP contribution in [0.1, 0.15) is 57.7 Å². The van der Waals surface area contributed by atoms with Gasteiger partial charge in [0.15, 0.2) is 0 Å². The molecule has 0 amide bonds. The molecule has 17 heavy (non-hydrogen) atoms. The monoisotopic (exact) mass is 231 g/mol. The number of nitrogens with two attached hydrogens (primary N) is 1. The molecule has 0 aliphatic carbocycles. The first-order valence-electron chi connectivity index (χ1n) is 6.37. The molecular formula is C16H25N. The van der Waals surface area contributed by atoms with E-state index >= 15 is 0 Å². The van der Waals surface area contributed by atoms with Crippen molar-refractivity contribution in [1.82, 2.24) is 0 Å². The van der Waals surface area contributed by atoms with Gasteiger partial charge < -0.3 is 5.73 Å². The van der Waals surface area contributed by atoms with E-state index in [1.807, 2.05) is 0 Å². The van der Waals surface area contributed by atoms with Gasteiger partial charge in [-0.25, -0.2) is 0 Å². The summed E-state index contributed by atoms with van der Waals surface area (Å²) in [5, 5.41) is 0. The molecular weight excluding hydrogens is 206 g/mol. The highest BCUT2D eigenvalue weighted by atomic mass is 14.6. The minimum Gasteiger partial charge on any atom is -0.324 e. The summed E-state index contributed by atoms with van der Waals surface area (Å²) in [7, 11) is 0. The van der Waals surface area contributed by atoms with Crippen molar-refractivity contribution in [1.29, 1.82) is 0 Å². The molecule has 0 radical (unpaired) electrons. The Balaban J connectivity index is 2.77. The van der Waals surface area contributed by atoms with Crippen LogP contribution in [0.25, 0.3) is 0 Å². The van der Waals surface area contributed by atoms with Gasteiger partial charge in [-0.2, -0.15) is 0 Å². The van der Waals surface area contributed by atoms with Crippen LogP contribution in [0.2, 0.25) is 0 Å². The molecule has 1 aromatic rings. The van der Waals surface area contributed by atoms with E-state index < -0.39 is 0 Å². The Morgan fingerprint density at radius 2 is 1.76 bits per heavy atom. The molecule has 0 aliphatic heterocycles. The Morgan fingerprint density at radius 3 is 2.18 bits per heavy atom. The zero-order chi connectivity index (χ0) is 13.1. The zero-order valence-corrected chi connectivity index (χ0v) is 11.6. The molecule has 1 unspecified atom stereocenters. The molecule has 1 aromatic carbocycles. The molecule has 1 heteroatoms. The third kappa shape index (κ3) is 4.01. The Morgan fingerprint density at radius 1 is 1.24 bits per heavy atom. The Hall–Kier alpha value is -1.08. The maximum Gasteiger partial charge on any atom is 0.0332 e. The summed E-state index contributed by atoms with van der Waals surface area (Å²) in [6.07, 6.45) is 1.89. The minimum absolute atomic E-state index is 0.0801. The van der Waals surface area contributed by atoms with Crippen LogP contribution < -0.4 is 5.73 Å². The largest absolute Gasteiger partial charge is 0.324 e. The van der Waals surface area contributed by atoms with Gasteiger partial charge in [0.2, 0.25) is 0 Å². The molecule has 0 fully saturated rings. The normalized spacial score (nSPS) is 13.5. The minimum atomic E-state index is 0.0801. The number of rotatable bonds is 4. The second-order valence-electron chi connectivity index (χ2n) is 5.79. The third-order valence-corrected chi connectivity index (χ3v) is 3.21. The Kier molecular flexibility index (Phi) is 4.53. The SMILES string of the molecule is C=C(CC)CC(N)c1ccc(C(C)(C)C)cc1. The van der Waals surface area contributed by atoms with Gasteiger partial charge in [0.25, 0.3) is 0 Å². The van der Waals surface area contributed by atoms with Crippen molar-refractivity contribution in [3.05, 3.63) is 47.5 Å². The lowest BCUT2D eigenvalue weighted by Crippen LogP contribution is -2.13. The van der Waals surface area contributed by atoms with Crippen LogP contribution in [0, 0.1) is 0 Å². The first kappa shape index (κ1) is 14.0. The van der Waals surface area contributed by atoms with Crippen LogP contribution in [0.3, 0.4) is 0 Å². The molecule has 0 aliphatic rings. The van der Waals surface area contributed by atoms with Crippen molar-refractivity contribution < 1.29 is 0 Å². The van der Waals surface area contributed by atoms with E-state index in [0.29, 0.717) is 0 Å². The van der Waals surface area contributed by atoms with Gasteiger partial charge in [-0.1, -0.05) is 64.1 Å². The lowest BCUT2D eigenvalue weighted by molar-refractivity contribution is 0.589.